The monoisotopic (exact) mass is 557 g/mol. The van der Waals surface area contributed by atoms with Crippen molar-refractivity contribution in [2.24, 2.45) is 0 Å². The standard InChI is InChI=1S/C15H10N.C4H4N2O3S.Ir/c1-2-6-12(7-3-1)15-10-13-8-4-5-9-14(13)11-16-15;7-10(8,9)4-1-2-5-3-6-4;/h1-6,8-11H;1-3H,(H,7,8,9);/q-1;;. The number of nitrogens with zero attached hydrogens (tertiary/aromatic N) is 3. The van der Waals surface area contributed by atoms with Gasteiger partial charge in [0.2, 0.25) is 0 Å². The summed E-state index contributed by atoms with van der Waals surface area (Å²) in [6, 6.07) is 22.5. The van der Waals surface area contributed by atoms with Gasteiger partial charge in [-0.05, 0) is 22.5 Å². The third-order valence-corrected chi connectivity index (χ3v) is 4.21. The van der Waals surface area contributed by atoms with Gasteiger partial charge in [0.1, 0.15) is 6.33 Å². The van der Waals surface area contributed by atoms with Crippen LogP contribution in [0.3, 0.4) is 0 Å². The smallest absolute Gasteiger partial charge is 0.304 e. The van der Waals surface area contributed by atoms with E-state index in [4.69, 9.17) is 4.55 Å². The van der Waals surface area contributed by atoms with Gasteiger partial charge in [-0.15, -0.1) is 35.9 Å². The van der Waals surface area contributed by atoms with Gasteiger partial charge in [0.05, 0.1) is 0 Å². The maximum atomic E-state index is 10.3. The van der Waals surface area contributed by atoms with Crippen molar-refractivity contribution in [3.8, 4) is 11.3 Å². The fraction of sp³-hybridized carbons (Fsp3) is 0. The van der Waals surface area contributed by atoms with Crippen molar-refractivity contribution in [3.63, 3.8) is 0 Å². The van der Waals surface area contributed by atoms with E-state index in [0.29, 0.717) is 0 Å². The minimum Gasteiger partial charge on any atom is -0.304 e. The average molecular weight is 557 g/mol. The van der Waals surface area contributed by atoms with Crippen LogP contribution in [0.25, 0.3) is 22.0 Å². The molecule has 27 heavy (non-hydrogen) atoms. The Kier molecular flexibility index (Phi) is 7.27. The second-order valence-corrected chi connectivity index (χ2v) is 6.58. The Morgan fingerprint density at radius 1 is 0.926 bits per heavy atom. The van der Waals surface area contributed by atoms with Crippen molar-refractivity contribution < 1.29 is 33.1 Å². The van der Waals surface area contributed by atoms with Crippen molar-refractivity contribution in [3.05, 3.63) is 85.5 Å². The topological polar surface area (TPSA) is 93.0 Å². The summed E-state index contributed by atoms with van der Waals surface area (Å²) in [5, 5.41) is 1.99. The minimum atomic E-state index is -4.15. The summed E-state index contributed by atoms with van der Waals surface area (Å²) in [5.41, 5.74) is 2.01. The molecule has 8 heteroatoms. The maximum Gasteiger partial charge on any atom is 0.312 e. The maximum absolute atomic E-state index is 10.3. The van der Waals surface area contributed by atoms with Crippen LogP contribution in [0.5, 0.6) is 0 Å². The molecule has 0 unspecified atom stereocenters. The molecule has 4 aromatic rings. The summed E-state index contributed by atoms with van der Waals surface area (Å²) in [5.74, 6) is 0. The quantitative estimate of drug-likeness (QED) is 0.231. The van der Waals surface area contributed by atoms with Crippen molar-refractivity contribution >= 4 is 20.9 Å². The molecule has 0 aliphatic carbocycles. The first-order chi connectivity index (χ1) is 12.5. The molecule has 0 aliphatic heterocycles. The molecule has 139 valence electrons. The largest absolute Gasteiger partial charge is 0.312 e. The molecule has 0 bridgehead atoms. The van der Waals surface area contributed by atoms with Crippen LogP contribution in [0.1, 0.15) is 0 Å². The van der Waals surface area contributed by atoms with Gasteiger partial charge in [0, 0.05) is 32.5 Å². The van der Waals surface area contributed by atoms with Crippen molar-refractivity contribution in [2.75, 3.05) is 0 Å². The third-order valence-electron chi connectivity index (χ3n) is 3.44. The van der Waals surface area contributed by atoms with Crippen LogP contribution in [-0.2, 0) is 30.2 Å². The van der Waals surface area contributed by atoms with Gasteiger partial charge in [0.15, 0.2) is 5.03 Å². The third kappa shape index (κ3) is 5.74. The van der Waals surface area contributed by atoms with Crippen LogP contribution in [-0.4, -0.2) is 27.9 Å². The van der Waals surface area contributed by atoms with E-state index in [1.54, 1.807) is 0 Å². The second kappa shape index (κ2) is 9.43. The van der Waals surface area contributed by atoms with Crippen LogP contribution in [0.2, 0.25) is 0 Å². The fourth-order valence-corrected chi connectivity index (χ4v) is 2.63. The van der Waals surface area contributed by atoms with E-state index in [9.17, 15) is 8.42 Å². The molecule has 2 aromatic heterocycles. The normalized spacial score (nSPS) is 10.4. The van der Waals surface area contributed by atoms with Gasteiger partial charge in [-0.2, -0.15) is 8.42 Å². The predicted molar refractivity (Wildman–Crippen MR) is 97.9 cm³/mol. The molecule has 0 atom stereocenters. The number of pyridine rings is 1. The summed E-state index contributed by atoms with van der Waals surface area (Å²) in [4.78, 5) is 11.2. The van der Waals surface area contributed by atoms with E-state index < -0.39 is 10.1 Å². The van der Waals surface area contributed by atoms with Crippen molar-refractivity contribution in [1.82, 2.24) is 15.0 Å². The van der Waals surface area contributed by atoms with Gasteiger partial charge in [-0.3, -0.25) is 4.55 Å². The molecule has 6 nitrogen and oxygen atoms in total. The predicted octanol–water partition coefficient (Wildman–Crippen LogP) is 3.42. The van der Waals surface area contributed by atoms with E-state index in [-0.39, 0.29) is 25.1 Å². The Morgan fingerprint density at radius 3 is 2.26 bits per heavy atom. The molecule has 0 spiro atoms. The van der Waals surface area contributed by atoms with Gasteiger partial charge in [-0.25, -0.2) is 9.97 Å². The van der Waals surface area contributed by atoms with Crippen LogP contribution < -0.4 is 0 Å². The average Bonchev–Trinajstić information content (AvgIpc) is 2.69. The van der Waals surface area contributed by atoms with E-state index in [2.05, 4.69) is 39.2 Å². The Balaban J connectivity index is 0.000000208. The molecule has 0 amide bonds. The van der Waals surface area contributed by atoms with Crippen LogP contribution in [0, 0.1) is 6.07 Å². The molecular weight excluding hydrogens is 543 g/mol. The summed E-state index contributed by atoms with van der Waals surface area (Å²) in [7, 11) is -4.15. The second-order valence-electron chi connectivity index (χ2n) is 5.22. The summed E-state index contributed by atoms with van der Waals surface area (Å²) in [6.07, 6.45) is 4.19. The number of aromatic nitrogens is 3. The molecule has 0 fully saturated rings. The SMILES string of the molecule is O=S(=O)(O)c1ccncn1.[Ir].[c-]1ccccc1-c1cc2ccccc2cn1. The van der Waals surface area contributed by atoms with E-state index in [0.717, 1.165) is 23.7 Å². The van der Waals surface area contributed by atoms with E-state index >= 15 is 0 Å². The number of hydrogen-bond donors (Lipinski definition) is 1. The number of hydrogen-bond acceptors (Lipinski definition) is 5. The molecule has 0 saturated heterocycles. The Morgan fingerprint density at radius 2 is 1.67 bits per heavy atom. The zero-order chi connectivity index (χ0) is 18.4. The Hall–Kier alpha value is -2.51. The van der Waals surface area contributed by atoms with Crippen LogP contribution >= 0.6 is 0 Å². The van der Waals surface area contributed by atoms with Gasteiger partial charge in [0.25, 0.3) is 0 Å². The first-order valence-corrected chi connectivity index (χ1v) is 9.03. The van der Waals surface area contributed by atoms with Crippen LogP contribution in [0.15, 0.2) is 84.4 Å². The van der Waals surface area contributed by atoms with Crippen molar-refractivity contribution in [1.29, 1.82) is 0 Å². The van der Waals surface area contributed by atoms with Crippen LogP contribution in [0.4, 0.5) is 0 Å². The number of rotatable bonds is 2. The summed E-state index contributed by atoms with van der Waals surface area (Å²) < 4.78 is 29.0. The Labute approximate surface area is 170 Å². The van der Waals surface area contributed by atoms with Gasteiger partial charge >= 0.3 is 10.1 Å². The van der Waals surface area contributed by atoms with Crippen molar-refractivity contribution in [2.45, 2.75) is 5.03 Å². The molecule has 0 aliphatic rings. The van der Waals surface area contributed by atoms with Gasteiger partial charge < -0.3 is 4.98 Å². The molecule has 1 radical (unpaired) electrons. The fourth-order valence-electron chi connectivity index (χ4n) is 2.21. The first kappa shape index (κ1) is 20.8. The van der Waals surface area contributed by atoms with E-state index in [1.807, 2.05) is 42.6 Å². The first-order valence-electron chi connectivity index (χ1n) is 7.59. The molecule has 2 aromatic carbocycles. The summed E-state index contributed by atoms with van der Waals surface area (Å²) in [6.45, 7) is 0. The number of fused-ring (bicyclic) bond motifs is 1. The van der Waals surface area contributed by atoms with E-state index in [1.165, 1.54) is 17.0 Å². The summed E-state index contributed by atoms with van der Waals surface area (Å²) >= 11 is 0. The molecule has 1 N–H and O–H groups in total. The zero-order valence-electron chi connectivity index (χ0n) is 13.9. The minimum absolute atomic E-state index is 0. The Bertz CT molecular complexity index is 1110. The number of benzene rings is 2. The molecule has 0 saturated carbocycles. The zero-order valence-corrected chi connectivity index (χ0v) is 17.1. The molecular formula is C19H14IrN3O3S-. The molecule has 2 heterocycles. The molecule has 4 rings (SSSR count). The van der Waals surface area contributed by atoms with Gasteiger partial charge in [-0.1, -0.05) is 30.3 Å².